The van der Waals surface area contributed by atoms with Crippen LogP contribution in [0.3, 0.4) is 0 Å². The third kappa shape index (κ3) is 3.76. The lowest BCUT2D eigenvalue weighted by atomic mass is 10.1. The number of benzene rings is 1. The number of carbonyl (C=O) groups excluding carboxylic acids is 1. The van der Waals surface area contributed by atoms with Crippen molar-refractivity contribution in [1.82, 2.24) is 5.32 Å². The Hall–Kier alpha value is -2.48. The fourth-order valence-corrected chi connectivity index (χ4v) is 1.63. The molecule has 1 amide bonds. The number of aliphatic hydroxyl groups excluding tert-OH is 1. The van der Waals surface area contributed by atoms with Crippen LogP contribution in [0.4, 0.5) is 0 Å². The molecule has 0 aromatic heterocycles. The van der Waals surface area contributed by atoms with Gasteiger partial charge in [0.2, 0.25) is 0 Å². The molecule has 0 saturated carbocycles. The van der Waals surface area contributed by atoms with Crippen molar-refractivity contribution in [2.75, 3.05) is 27.9 Å². The molecule has 0 spiro atoms. The third-order valence-corrected chi connectivity index (χ3v) is 2.74. The zero-order chi connectivity index (χ0) is 16.0. The number of ether oxygens (including phenoxy) is 3. The van der Waals surface area contributed by atoms with E-state index in [1.165, 1.54) is 33.5 Å². The molecule has 1 rings (SSSR count). The van der Waals surface area contributed by atoms with E-state index in [1.807, 2.05) is 0 Å². The first-order valence-corrected chi connectivity index (χ1v) is 5.93. The van der Waals surface area contributed by atoms with E-state index >= 15 is 0 Å². The van der Waals surface area contributed by atoms with Gasteiger partial charge in [-0.3, -0.25) is 4.79 Å². The van der Waals surface area contributed by atoms with E-state index in [-0.39, 0.29) is 11.3 Å². The summed E-state index contributed by atoms with van der Waals surface area (Å²) in [6.45, 7) is -0.726. The Morgan fingerprint density at radius 1 is 1.10 bits per heavy atom. The number of aliphatic carboxylic acids is 1. The summed E-state index contributed by atoms with van der Waals surface area (Å²) >= 11 is 0. The Morgan fingerprint density at radius 2 is 1.62 bits per heavy atom. The van der Waals surface area contributed by atoms with Crippen molar-refractivity contribution in [2.45, 2.75) is 6.04 Å². The monoisotopic (exact) mass is 299 g/mol. The molecule has 8 heteroatoms. The second kappa shape index (κ2) is 7.34. The van der Waals surface area contributed by atoms with Crippen LogP contribution in [0.1, 0.15) is 10.4 Å². The molecule has 0 heterocycles. The van der Waals surface area contributed by atoms with Crippen molar-refractivity contribution in [2.24, 2.45) is 0 Å². The minimum atomic E-state index is -1.41. The molecule has 0 radical (unpaired) electrons. The van der Waals surface area contributed by atoms with Gasteiger partial charge in [0, 0.05) is 12.1 Å². The Morgan fingerprint density at radius 3 is 2.05 bits per heavy atom. The van der Waals surface area contributed by atoms with E-state index in [1.54, 1.807) is 0 Å². The summed E-state index contributed by atoms with van der Waals surface area (Å²) in [5, 5.41) is 19.9. The maximum Gasteiger partial charge on any atom is 0.328 e. The number of carbonyl (C=O) groups is 2. The lowest BCUT2D eigenvalue weighted by molar-refractivity contribution is -0.140. The molecule has 1 aromatic carbocycles. The van der Waals surface area contributed by atoms with Crippen LogP contribution in [-0.2, 0) is 4.79 Å². The Balaban J connectivity index is 3.16. The van der Waals surface area contributed by atoms with Crippen molar-refractivity contribution in [3.05, 3.63) is 17.7 Å². The fraction of sp³-hybridized carbons (Fsp3) is 0.385. The molecule has 3 N–H and O–H groups in total. The van der Waals surface area contributed by atoms with Crippen molar-refractivity contribution in [3.8, 4) is 17.2 Å². The van der Waals surface area contributed by atoms with Gasteiger partial charge < -0.3 is 29.7 Å². The first-order chi connectivity index (χ1) is 9.98. The van der Waals surface area contributed by atoms with Crippen LogP contribution in [0.25, 0.3) is 0 Å². The number of hydrogen-bond acceptors (Lipinski definition) is 6. The van der Waals surface area contributed by atoms with Gasteiger partial charge in [-0.2, -0.15) is 0 Å². The van der Waals surface area contributed by atoms with E-state index in [0.717, 1.165) is 0 Å². The van der Waals surface area contributed by atoms with Gasteiger partial charge >= 0.3 is 5.97 Å². The molecule has 1 atom stereocenters. The minimum absolute atomic E-state index is 0.0647. The summed E-state index contributed by atoms with van der Waals surface area (Å²) in [6.07, 6.45) is 0. The highest BCUT2D eigenvalue weighted by molar-refractivity contribution is 5.99. The number of carboxylic acids is 1. The van der Waals surface area contributed by atoms with E-state index in [0.29, 0.717) is 11.5 Å². The standard InChI is InChI=1S/C13H17NO7/c1-19-9-5-11(21-3)10(20-2)4-7(9)12(16)14-8(6-15)13(17)18/h4-5,8,15H,6H2,1-3H3,(H,14,16)(H,17,18). The Labute approximate surface area is 121 Å². The highest BCUT2D eigenvalue weighted by Crippen LogP contribution is 2.34. The van der Waals surface area contributed by atoms with Crippen LogP contribution in [0.5, 0.6) is 17.2 Å². The first kappa shape index (κ1) is 16.6. The lowest BCUT2D eigenvalue weighted by Crippen LogP contribution is -2.43. The summed E-state index contributed by atoms with van der Waals surface area (Å²) in [5.41, 5.74) is 0.0647. The molecule has 1 aromatic rings. The predicted octanol–water partition coefficient (Wildman–Crippen LogP) is -0.112. The van der Waals surface area contributed by atoms with Gasteiger partial charge in [-0.15, -0.1) is 0 Å². The quantitative estimate of drug-likeness (QED) is 0.643. The highest BCUT2D eigenvalue weighted by Gasteiger charge is 2.23. The number of hydrogen-bond donors (Lipinski definition) is 3. The largest absolute Gasteiger partial charge is 0.496 e. The summed E-state index contributed by atoms with van der Waals surface area (Å²) in [7, 11) is 4.20. The van der Waals surface area contributed by atoms with Gasteiger partial charge in [0.05, 0.1) is 33.5 Å². The van der Waals surface area contributed by atoms with E-state index in [9.17, 15) is 9.59 Å². The van der Waals surface area contributed by atoms with Gasteiger partial charge in [-0.1, -0.05) is 0 Å². The number of methoxy groups -OCH3 is 3. The summed E-state index contributed by atoms with van der Waals surface area (Å²) in [6, 6.07) is 1.40. The maximum atomic E-state index is 12.1. The average Bonchev–Trinajstić information content (AvgIpc) is 2.50. The molecule has 8 nitrogen and oxygen atoms in total. The highest BCUT2D eigenvalue weighted by atomic mass is 16.5. The molecular weight excluding hydrogens is 282 g/mol. The molecule has 0 aliphatic rings. The van der Waals surface area contributed by atoms with Gasteiger partial charge in [0.25, 0.3) is 5.91 Å². The minimum Gasteiger partial charge on any atom is -0.496 e. The first-order valence-electron chi connectivity index (χ1n) is 5.93. The molecule has 0 fully saturated rings. The maximum absolute atomic E-state index is 12.1. The Bertz CT molecular complexity index is 529. The van der Waals surface area contributed by atoms with Crippen LogP contribution >= 0.6 is 0 Å². The number of rotatable bonds is 7. The number of amides is 1. The summed E-state index contributed by atoms with van der Waals surface area (Å²) in [4.78, 5) is 22.9. The molecule has 0 aliphatic heterocycles. The smallest absolute Gasteiger partial charge is 0.328 e. The predicted molar refractivity (Wildman–Crippen MR) is 72.1 cm³/mol. The van der Waals surface area contributed by atoms with Crippen LogP contribution in [0.15, 0.2) is 12.1 Å². The van der Waals surface area contributed by atoms with Gasteiger partial charge in [-0.25, -0.2) is 4.79 Å². The normalized spacial score (nSPS) is 11.4. The fourth-order valence-electron chi connectivity index (χ4n) is 1.63. The number of carboxylic acid groups (broad SMARTS) is 1. The molecular formula is C13H17NO7. The van der Waals surface area contributed by atoms with Gasteiger partial charge in [0.15, 0.2) is 17.5 Å². The van der Waals surface area contributed by atoms with Crippen LogP contribution < -0.4 is 19.5 Å². The van der Waals surface area contributed by atoms with E-state index < -0.39 is 24.5 Å². The average molecular weight is 299 g/mol. The molecule has 116 valence electrons. The van der Waals surface area contributed by atoms with Crippen molar-refractivity contribution < 1.29 is 34.0 Å². The van der Waals surface area contributed by atoms with E-state index in [2.05, 4.69) is 5.32 Å². The van der Waals surface area contributed by atoms with Crippen LogP contribution in [0, 0.1) is 0 Å². The van der Waals surface area contributed by atoms with Crippen molar-refractivity contribution >= 4 is 11.9 Å². The molecule has 0 saturated heterocycles. The van der Waals surface area contributed by atoms with Crippen LogP contribution in [-0.4, -0.2) is 56.1 Å². The second-order valence-corrected chi connectivity index (χ2v) is 3.95. The zero-order valence-electron chi connectivity index (χ0n) is 11.9. The number of nitrogens with one attached hydrogen (secondary N) is 1. The topological polar surface area (TPSA) is 114 Å². The molecule has 21 heavy (non-hydrogen) atoms. The molecule has 0 aliphatic carbocycles. The lowest BCUT2D eigenvalue weighted by Gasteiger charge is -2.16. The van der Waals surface area contributed by atoms with Gasteiger partial charge in [0.1, 0.15) is 5.75 Å². The van der Waals surface area contributed by atoms with Gasteiger partial charge in [-0.05, 0) is 0 Å². The third-order valence-electron chi connectivity index (χ3n) is 2.74. The Kier molecular flexibility index (Phi) is 5.79. The number of aliphatic hydroxyl groups is 1. The summed E-state index contributed by atoms with van der Waals surface area (Å²) < 4.78 is 15.2. The van der Waals surface area contributed by atoms with Crippen LogP contribution in [0.2, 0.25) is 0 Å². The van der Waals surface area contributed by atoms with E-state index in [4.69, 9.17) is 24.4 Å². The molecule has 0 bridgehead atoms. The zero-order valence-corrected chi connectivity index (χ0v) is 11.9. The van der Waals surface area contributed by atoms with Crippen molar-refractivity contribution in [3.63, 3.8) is 0 Å². The molecule has 1 unspecified atom stereocenters. The SMILES string of the molecule is COc1cc(OC)c(C(=O)NC(CO)C(=O)O)cc1OC. The second-order valence-electron chi connectivity index (χ2n) is 3.95. The summed E-state index contributed by atoms with van der Waals surface area (Å²) in [5.74, 6) is -1.21. The van der Waals surface area contributed by atoms with Crippen molar-refractivity contribution in [1.29, 1.82) is 0 Å².